The number of nitrogens with one attached hydrogen (secondary N) is 1. The predicted molar refractivity (Wildman–Crippen MR) is 89.6 cm³/mol. The van der Waals surface area contributed by atoms with E-state index in [2.05, 4.69) is 20.3 Å². The molecule has 1 aliphatic heterocycles. The van der Waals surface area contributed by atoms with Crippen molar-refractivity contribution in [3.05, 3.63) is 18.0 Å². The van der Waals surface area contributed by atoms with Crippen LogP contribution in [0.25, 0.3) is 0 Å². The van der Waals surface area contributed by atoms with Crippen molar-refractivity contribution in [3.63, 3.8) is 0 Å². The number of aldehydes is 1. The minimum Gasteiger partial charge on any atom is -0.350 e. The summed E-state index contributed by atoms with van der Waals surface area (Å²) in [5, 5.41) is 0. The number of hydroxylamine groups is 1. The van der Waals surface area contributed by atoms with Gasteiger partial charge in [0.05, 0.1) is 12.2 Å². The molecule has 1 aromatic rings. The van der Waals surface area contributed by atoms with Crippen LogP contribution in [-0.2, 0) is 14.4 Å². The lowest BCUT2D eigenvalue weighted by atomic mass is 10.2. The number of piperidine rings is 1. The van der Waals surface area contributed by atoms with Crippen LogP contribution in [0.15, 0.2) is 12.4 Å². The lowest BCUT2D eigenvalue weighted by Gasteiger charge is -2.18. The number of rotatable bonds is 8. The van der Waals surface area contributed by atoms with E-state index in [1.807, 2.05) is 13.8 Å². The third-order valence-corrected chi connectivity index (χ3v) is 4.58. The van der Waals surface area contributed by atoms with E-state index >= 15 is 0 Å². The number of nitrogens with zero attached hydrogens (tertiary/aromatic N) is 3. The summed E-state index contributed by atoms with van der Waals surface area (Å²) in [4.78, 5) is 38.6. The minimum atomic E-state index is -0.534. The molecule has 136 valence electrons. The highest BCUT2D eigenvalue weighted by Gasteiger charge is 2.56. The Kier molecular flexibility index (Phi) is 5.29. The highest BCUT2D eigenvalue weighted by Crippen LogP contribution is 2.50. The molecular weight excluding hydrogens is 324 g/mol. The number of hydrogen-bond donors (Lipinski definition) is 1. The predicted octanol–water partition coefficient (Wildman–Crippen LogP) is 1.04. The quantitative estimate of drug-likeness (QED) is 0.426. The Morgan fingerprint density at radius 2 is 1.96 bits per heavy atom. The van der Waals surface area contributed by atoms with Crippen molar-refractivity contribution >= 4 is 18.1 Å². The van der Waals surface area contributed by atoms with Crippen LogP contribution in [0, 0.1) is 23.7 Å². The maximum atomic E-state index is 12.0. The first-order chi connectivity index (χ1) is 12.0. The van der Waals surface area contributed by atoms with E-state index in [0.29, 0.717) is 35.9 Å². The topological polar surface area (TPSA) is 93.7 Å². The molecule has 2 fully saturated rings. The van der Waals surface area contributed by atoms with Crippen molar-refractivity contribution in [3.8, 4) is 0 Å². The molecule has 3 atom stereocenters. The van der Waals surface area contributed by atoms with Gasteiger partial charge in [-0.25, -0.2) is 20.3 Å². The molecule has 0 radical (unpaired) electrons. The normalized spacial score (nSPS) is 25.6. The summed E-state index contributed by atoms with van der Waals surface area (Å²) in [5.41, 5.74) is 2.66. The molecule has 1 N–H and O–H groups in total. The standard InChI is InChI=1S/C17H24N4O4/c1-10(2)9-24-11(3)25-20-16(23)12-4-18-17(19-5-12)21-6-13-14(7-21)15(13)8-22/h4-5,8,10-11,13-15H,6-7,9H2,1-3H3,(H,20,23). The second kappa shape index (κ2) is 7.45. The van der Waals surface area contributed by atoms with Gasteiger partial charge in [0.25, 0.3) is 5.91 Å². The van der Waals surface area contributed by atoms with Gasteiger partial charge in [-0.3, -0.25) is 4.79 Å². The van der Waals surface area contributed by atoms with Gasteiger partial charge in [-0.15, -0.1) is 0 Å². The van der Waals surface area contributed by atoms with Crippen LogP contribution >= 0.6 is 0 Å². The van der Waals surface area contributed by atoms with Crippen molar-refractivity contribution in [1.82, 2.24) is 15.4 Å². The first-order valence-corrected chi connectivity index (χ1v) is 8.59. The van der Waals surface area contributed by atoms with Gasteiger partial charge in [0, 0.05) is 31.4 Å². The summed E-state index contributed by atoms with van der Waals surface area (Å²) in [7, 11) is 0. The maximum Gasteiger partial charge on any atom is 0.278 e. The molecule has 0 aromatic carbocycles. The third kappa shape index (κ3) is 4.13. The van der Waals surface area contributed by atoms with Crippen molar-refractivity contribution in [2.24, 2.45) is 23.7 Å². The molecule has 0 bridgehead atoms. The lowest BCUT2D eigenvalue weighted by molar-refractivity contribution is -0.163. The number of carbonyl (C=O) groups is 2. The molecule has 0 spiro atoms. The van der Waals surface area contributed by atoms with Crippen LogP contribution in [-0.4, -0.2) is 48.1 Å². The van der Waals surface area contributed by atoms with Crippen LogP contribution in [0.3, 0.4) is 0 Å². The number of amides is 1. The Labute approximate surface area is 146 Å². The fourth-order valence-electron chi connectivity index (χ4n) is 3.10. The minimum absolute atomic E-state index is 0.207. The van der Waals surface area contributed by atoms with Gasteiger partial charge in [-0.1, -0.05) is 13.8 Å². The van der Waals surface area contributed by atoms with Crippen molar-refractivity contribution in [2.45, 2.75) is 27.1 Å². The molecule has 8 nitrogen and oxygen atoms in total. The molecule has 1 aliphatic carbocycles. The lowest BCUT2D eigenvalue weighted by Crippen LogP contribution is -2.31. The van der Waals surface area contributed by atoms with Crippen LogP contribution in [0.2, 0.25) is 0 Å². The van der Waals surface area contributed by atoms with Crippen LogP contribution in [0.5, 0.6) is 0 Å². The second-order valence-electron chi connectivity index (χ2n) is 7.06. The van der Waals surface area contributed by atoms with Gasteiger partial charge < -0.3 is 14.4 Å². The van der Waals surface area contributed by atoms with Gasteiger partial charge in [0.1, 0.15) is 6.29 Å². The number of carbonyl (C=O) groups excluding carboxylic acids is 2. The number of fused-ring (bicyclic) bond motifs is 1. The number of anilines is 1. The summed E-state index contributed by atoms with van der Waals surface area (Å²) in [6, 6.07) is 0. The fourth-order valence-corrected chi connectivity index (χ4v) is 3.10. The average molecular weight is 348 g/mol. The Hall–Kier alpha value is -2.06. The molecule has 3 rings (SSSR count). The van der Waals surface area contributed by atoms with E-state index in [-0.39, 0.29) is 5.92 Å². The van der Waals surface area contributed by atoms with Crippen molar-refractivity contribution in [1.29, 1.82) is 0 Å². The molecular formula is C17H24N4O4. The third-order valence-electron chi connectivity index (χ3n) is 4.58. The highest BCUT2D eigenvalue weighted by molar-refractivity contribution is 5.92. The average Bonchev–Trinajstić information content (AvgIpc) is 3.08. The van der Waals surface area contributed by atoms with Crippen LogP contribution in [0.1, 0.15) is 31.1 Å². The summed E-state index contributed by atoms with van der Waals surface area (Å²) in [6.45, 7) is 7.94. The number of hydrogen-bond acceptors (Lipinski definition) is 7. The Balaban J connectivity index is 1.46. The molecule has 8 heteroatoms. The Morgan fingerprint density at radius 1 is 1.32 bits per heavy atom. The SMILES string of the molecule is CC(C)COC(C)ONC(=O)c1cnc(N2CC3C(C=O)C3C2)nc1. The zero-order valence-corrected chi connectivity index (χ0v) is 14.7. The molecule has 1 aromatic heterocycles. The molecule has 2 heterocycles. The molecule has 25 heavy (non-hydrogen) atoms. The summed E-state index contributed by atoms with van der Waals surface area (Å²) in [6.07, 6.45) is 3.46. The molecule has 2 aliphatic rings. The molecule has 1 saturated heterocycles. The molecule has 3 unspecified atom stereocenters. The second-order valence-corrected chi connectivity index (χ2v) is 7.06. The van der Waals surface area contributed by atoms with Gasteiger partial charge >= 0.3 is 0 Å². The van der Waals surface area contributed by atoms with Gasteiger partial charge in [0.15, 0.2) is 6.29 Å². The first kappa shape index (κ1) is 17.8. The number of aromatic nitrogens is 2. The highest BCUT2D eigenvalue weighted by atomic mass is 16.8. The Bertz CT molecular complexity index is 610. The summed E-state index contributed by atoms with van der Waals surface area (Å²) in [5.74, 6) is 1.63. The van der Waals surface area contributed by atoms with E-state index < -0.39 is 12.2 Å². The van der Waals surface area contributed by atoms with Crippen molar-refractivity contribution in [2.75, 3.05) is 24.6 Å². The van der Waals surface area contributed by atoms with E-state index in [0.717, 1.165) is 19.4 Å². The largest absolute Gasteiger partial charge is 0.350 e. The van der Waals surface area contributed by atoms with Crippen LogP contribution in [0.4, 0.5) is 5.95 Å². The van der Waals surface area contributed by atoms with Crippen molar-refractivity contribution < 1.29 is 19.2 Å². The molecule has 1 amide bonds. The summed E-state index contributed by atoms with van der Waals surface area (Å²) >= 11 is 0. The smallest absolute Gasteiger partial charge is 0.278 e. The Morgan fingerprint density at radius 3 is 2.52 bits per heavy atom. The monoisotopic (exact) mass is 348 g/mol. The van der Waals surface area contributed by atoms with E-state index in [4.69, 9.17) is 9.57 Å². The zero-order valence-electron chi connectivity index (χ0n) is 14.7. The summed E-state index contributed by atoms with van der Waals surface area (Å²) < 4.78 is 5.41. The van der Waals surface area contributed by atoms with E-state index in [1.165, 1.54) is 12.4 Å². The van der Waals surface area contributed by atoms with Crippen LogP contribution < -0.4 is 10.4 Å². The zero-order chi connectivity index (χ0) is 18.0. The van der Waals surface area contributed by atoms with Gasteiger partial charge in [-0.2, -0.15) is 0 Å². The molecule has 1 saturated carbocycles. The van der Waals surface area contributed by atoms with Gasteiger partial charge in [-0.05, 0) is 24.7 Å². The first-order valence-electron chi connectivity index (χ1n) is 8.59. The van der Waals surface area contributed by atoms with E-state index in [1.54, 1.807) is 6.92 Å². The number of ether oxygens (including phenoxy) is 1. The van der Waals surface area contributed by atoms with E-state index in [9.17, 15) is 9.59 Å². The van der Waals surface area contributed by atoms with Gasteiger partial charge in [0.2, 0.25) is 5.95 Å². The maximum absolute atomic E-state index is 12.0. The fraction of sp³-hybridized carbons (Fsp3) is 0.647.